The smallest absolute Gasteiger partial charge is 0.336 e. The number of rotatable bonds is 5. The maximum absolute atomic E-state index is 11.7. The minimum Gasteiger partial charge on any atom is -0.423 e. The van der Waals surface area contributed by atoms with E-state index in [0.29, 0.717) is 18.4 Å². The molecule has 2 aromatic carbocycles. The molecule has 0 aliphatic rings. The van der Waals surface area contributed by atoms with Crippen LogP contribution in [0.25, 0.3) is 11.0 Å². The quantitative estimate of drug-likeness (QED) is 0.535. The summed E-state index contributed by atoms with van der Waals surface area (Å²) in [6.45, 7) is 0. The highest BCUT2D eigenvalue weighted by Gasteiger charge is 2.13. The molecule has 3 aromatic rings. The van der Waals surface area contributed by atoms with Gasteiger partial charge in [0.1, 0.15) is 11.9 Å². The number of carbonyl (C=O) groups is 1. The van der Waals surface area contributed by atoms with Crippen molar-refractivity contribution in [1.29, 1.82) is 0 Å². The second-order valence-corrected chi connectivity index (χ2v) is 5.38. The molecule has 1 atom stereocenters. The van der Waals surface area contributed by atoms with Gasteiger partial charge in [-0.1, -0.05) is 48.5 Å². The van der Waals surface area contributed by atoms with Crippen molar-refractivity contribution in [3.8, 4) is 0 Å². The largest absolute Gasteiger partial charge is 0.423 e. The molecule has 3 rings (SSSR count). The molecule has 1 aromatic heterocycles. The molecule has 0 radical (unpaired) electrons. The van der Waals surface area contributed by atoms with E-state index < -0.39 is 0 Å². The Bertz CT molecular complexity index is 834. The Balaban J connectivity index is 1.91. The van der Waals surface area contributed by atoms with Gasteiger partial charge in [-0.3, -0.25) is 0 Å². The molecule has 0 saturated carbocycles. The highest BCUT2D eigenvalue weighted by atomic mass is 16.4. The topological polar surface area (TPSA) is 47.3 Å². The van der Waals surface area contributed by atoms with Crippen molar-refractivity contribution in [2.24, 2.45) is 5.92 Å². The first-order valence-corrected chi connectivity index (χ1v) is 7.27. The zero-order valence-electron chi connectivity index (χ0n) is 12.1. The van der Waals surface area contributed by atoms with Crippen LogP contribution in [0.3, 0.4) is 0 Å². The highest BCUT2D eigenvalue weighted by molar-refractivity contribution is 5.80. The predicted molar refractivity (Wildman–Crippen MR) is 85.9 cm³/mol. The lowest BCUT2D eigenvalue weighted by atomic mass is 9.92. The van der Waals surface area contributed by atoms with E-state index >= 15 is 0 Å². The Labute approximate surface area is 128 Å². The van der Waals surface area contributed by atoms with Crippen LogP contribution in [0.2, 0.25) is 0 Å². The number of benzene rings is 2. The number of carbonyl (C=O) groups excluding carboxylic acids is 1. The lowest BCUT2D eigenvalue weighted by molar-refractivity contribution is -0.111. The predicted octanol–water partition coefficient (Wildman–Crippen LogP) is 3.39. The standard InChI is InChI=1S/C19H16O3/c20-13-15(10-14-6-2-1-3-7-14)11-16-12-19(21)22-18-9-5-4-8-17(16)18/h1-9,12-13,15H,10-11H2. The molecular formula is C19H16O3. The Hall–Kier alpha value is -2.68. The summed E-state index contributed by atoms with van der Waals surface area (Å²) >= 11 is 0. The zero-order chi connectivity index (χ0) is 15.4. The lowest BCUT2D eigenvalue weighted by Crippen LogP contribution is -2.12. The van der Waals surface area contributed by atoms with Gasteiger partial charge < -0.3 is 9.21 Å². The molecule has 0 amide bonds. The summed E-state index contributed by atoms with van der Waals surface area (Å²) in [5.74, 6) is -0.160. The van der Waals surface area contributed by atoms with Crippen LogP contribution in [0.1, 0.15) is 11.1 Å². The lowest BCUT2D eigenvalue weighted by Gasteiger charge is -2.12. The fourth-order valence-electron chi connectivity index (χ4n) is 2.72. The van der Waals surface area contributed by atoms with Gasteiger partial charge in [0.15, 0.2) is 0 Å². The van der Waals surface area contributed by atoms with E-state index in [9.17, 15) is 9.59 Å². The second kappa shape index (κ2) is 6.39. The van der Waals surface area contributed by atoms with Gasteiger partial charge in [-0.15, -0.1) is 0 Å². The Morgan fingerprint density at radius 1 is 0.955 bits per heavy atom. The summed E-state index contributed by atoms with van der Waals surface area (Å²) in [6, 6.07) is 18.8. The molecule has 0 N–H and O–H groups in total. The molecule has 1 unspecified atom stereocenters. The average Bonchev–Trinajstić information content (AvgIpc) is 2.55. The van der Waals surface area contributed by atoms with Crippen LogP contribution in [-0.2, 0) is 17.6 Å². The number of hydrogen-bond acceptors (Lipinski definition) is 3. The van der Waals surface area contributed by atoms with Gasteiger partial charge in [0.05, 0.1) is 0 Å². The summed E-state index contributed by atoms with van der Waals surface area (Å²) in [7, 11) is 0. The normalized spacial score (nSPS) is 12.2. The van der Waals surface area contributed by atoms with Gasteiger partial charge in [0.2, 0.25) is 0 Å². The van der Waals surface area contributed by atoms with E-state index in [-0.39, 0.29) is 11.5 Å². The summed E-state index contributed by atoms with van der Waals surface area (Å²) in [4.78, 5) is 23.1. The third kappa shape index (κ3) is 3.14. The van der Waals surface area contributed by atoms with Gasteiger partial charge >= 0.3 is 5.63 Å². The Morgan fingerprint density at radius 3 is 2.45 bits per heavy atom. The van der Waals surface area contributed by atoms with E-state index in [2.05, 4.69) is 0 Å². The van der Waals surface area contributed by atoms with Crippen molar-refractivity contribution >= 4 is 17.3 Å². The first-order chi connectivity index (χ1) is 10.8. The first-order valence-electron chi connectivity index (χ1n) is 7.27. The van der Waals surface area contributed by atoms with Crippen molar-refractivity contribution in [3.63, 3.8) is 0 Å². The summed E-state index contributed by atoms with van der Waals surface area (Å²) in [6.07, 6.45) is 2.17. The van der Waals surface area contributed by atoms with E-state index in [1.807, 2.05) is 48.5 Å². The molecule has 110 valence electrons. The van der Waals surface area contributed by atoms with E-state index in [4.69, 9.17) is 4.42 Å². The molecule has 0 spiro atoms. The molecule has 0 aliphatic carbocycles. The molecule has 3 nitrogen and oxygen atoms in total. The molecule has 0 saturated heterocycles. The van der Waals surface area contributed by atoms with Crippen LogP contribution in [0.15, 0.2) is 69.9 Å². The van der Waals surface area contributed by atoms with Crippen molar-refractivity contribution in [2.75, 3.05) is 0 Å². The van der Waals surface area contributed by atoms with Crippen molar-refractivity contribution in [1.82, 2.24) is 0 Å². The molecule has 0 fully saturated rings. The monoisotopic (exact) mass is 292 g/mol. The van der Waals surface area contributed by atoms with Gasteiger partial charge in [0.25, 0.3) is 0 Å². The van der Waals surface area contributed by atoms with Crippen LogP contribution in [-0.4, -0.2) is 6.29 Å². The van der Waals surface area contributed by atoms with Gasteiger partial charge in [-0.05, 0) is 30.0 Å². The third-order valence-corrected chi connectivity index (χ3v) is 3.75. The molecule has 1 heterocycles. The minimum atomic E-state index is -0.377. The van der Waals surface area contributed by atoms with Crippen molar-refractivity contribution < 1.29 is 9.21 Å². The molecule has 0 bridgehead atoms. The molecule has 22 heavy (non-hydrogen) atoms. The fraction of sp³-hybridized carbons (Fsp3) is 0.158. The maximum Gasteiger partial charge on any atom is 0.336 e. The van der Waals surface area contributed by atoms with Crippen LogP contribution >= 0.6 is 0 Å². The number of para-hydroxylation sites is 1. The maximum atomic E-state index is 11.7. The number of hydrogen-bond donors (Lipinski definition) is 0. The third-order valence-electron chi connectivity index (χ3n) is 3.75. The van der Waals surface area contributed by atoms with Crippen LogP contribution in [0, 0.1) is 5.92 Å². The molecule has 3 heteroatoms. The van der Waals surface area contributed by atoms with E-state index in [1.165, 1.54) is 6.07 Å². The van der Waals surface area contributed by atoms with Crippen molar-refractivity contribution in [2.45, 2.75) is 12.8 Å². The summed E-state index contributed by atoms with van der Waals surface area (Å²) in [5.41, 5.74) is 2.17. The van der Waals surface area contributed by atoms with Crippen molar-refractivity contribution in [3.05, 3.63) is 82.2 Å². The van der Waals surface area contributed by atoms with Gasteiger partial charge in [-0.25, -0.2) is 4.79 Å². The summed E-state index contributed by atoms with van der Waals surface area (Å²) in [5, 5.41) is 0.891. The molecular weight excluding hydrogens is 276 g/mol. The second-order valence-electron chi connectivity index (χ2n) is 5.38. The van der Waals surface area contributed by atoms with Gasteiger partial charge in [0, 0.05) is 17.4 Å². The van der Waals surface area contributed by atoms with E-state index in [0.717, 1.165) is 22.8 Å². The fourth-order valence-corrected chi connectivity index (χ4v) is 2.72. The minimum absolute atomic E-state index is 0.160. The zero-order valence-corrected chi connectivity index (χ0v) is 12.1. The Morgan fingerprint density at radius 2 is 1.68 bits per heavy atom. The number of fused-ring (bicyclic) bond motifs is 1. The van der Waals surface area contributed by atoms with E-state index in [1.54, 1.807) is 6.07 Å². The van der Waals surface area contributed by atoms with Crippen LogP contribution in [0.4, 0.5) is 0 Å². The highest BCUT2D eigenvalue weighted by Crippen LogP contribution is 2.20. The van der Waals surface area contributed by atoms with Gasteiger partial charge in [-0.2, -0.15) is 0 Å². The molecule has 0 aliphatic heterocycles. The Kier molecular flexibility index (Phi) is 4.15. The number of aldehydes is 1. The SMILES string of the molecule is O=CC(Cc1ccccc1)Cc1cc(=O)oc2ccccc12. The van der Waals surface area contributed by atoms with Crippen LogP contribution < -0.4 is 5.63 Å². The summed E-state index contributed by atoms with van der Waals surface area (Å²) < 4.78 is 5.19. The average molecular weight is 292 g/mol. The first kappa shape index (κ1) is 14.3. The van der Waals surface area contributed by atoms with Crippen LogP contribution in [0.5, 0.6) is 0 Å².